The van der Waals surface area contributed by atoms with Gasteiger partial charge in [0.2, 0.25) is 5.89 Å². The lowest BCUT2D eigenvalue weighted by atomic mass is 10.1. The molecule has 0 bridgehead atoms. The summed E-state index contributed by atoms with van der Waals surface area (Å²) in [6.07, 6.45) is 0. The summed E-state index contributed by atoms with van der Waals surface area (Å²) >= 11 is 0. The molecule has 0 spiro atoms. The van der Waals surface area contributed by atoms with E-state index < -0.39 is 0 Å². The SMILES string of the molecule is N#Cc1cccc(-c2nc3ccc(N)cc3o2)c1. The number of aromatic nitrogens is 1. The van der Waals surface area contributed by atoms with E-state index in [9.17, 15) is 0 Å². The van der Waals surface area contributed by atoms with Crippen LogP contribution in [0.1, 0.15) is 5.56 Å². The van der Waals surface area contributed by atoms with Gasteiger partial charge < -0.3 is 10.2 Å². The van der Waals surface area contributed by atoms with Gasteiger partial charge in [-0.05, 0) is 30.3 Å². The van der Waals surface area contributed by atoms with Crippen molar-refractivity contribution in [1.29, 1.82) is 5.26 Å². The molecule has 4 heteroatoms. The van der Waals surface area contributed by atoms with Gasteiger partial charge in [-0.15, -0.1) is 0 Å². The summed E-state index contributed by atoms with van der Waals surface area (Å²) in [5.74, 6) is 0.493. The molecule has 0 radical (unpaired) electrons. The highest BCUT2D eigenvalue weighted by Gasteiger charge is 2.08. The lowest BCUT2D eigenvalue weighted by Crippen LogP contribution is -1.81. The Morgan fingerprint density at radius 2 is 2.06 bits per heavy atom. The maximum absolute atomic E-state index is 8.87. The third-order valence-corrected chi connectivity index (χ3v) is 2.65. The van der Waals surface area contributed by atoms with Gasteiger partial charge >= 0.3 is 0 Å². The molecule has 3 aromatic rings. The molecule has 0 amide bonds. The Morgan fingerprint density at radius 1 is 1.17 bits per heavy atom. The Labute approximate surface area is 103 Å². The van der Waals surface area contributed by atoms with Crippen LogP contribution in [0.3, 0.4) is 0 Å². The van der Waals surface area contributed by atoms with Crippen LogP contribution < -0.4 is 5.73 Å². The van der Waals surface area contributed by atoms with Crippen molar-refractivity contribution in [3.05, 3.63) is 48.0 Å². The van der Waals surface area contributed by atoms with Gasteiger partial charge in [0.1, 0.15) is 5.52 Å². The molecule has 0 fully saturated rings. The van der Waals surface area contributed by atoms with Crippen molar-refractivity contribution in [3.63, 3.8) is 0 Å². The Morgan fingerprint density at radius 3 is 2.89 bits per heavy atom. The minimum Gasteiger partial charge on any atom is -0.436 e. The van der Waals surface area contributed by atoms with E-state index in [1.165, 1.54) is 0 Å². The first kappa shape index (κ1) is 10.4. The second-order valence-corrected chi connectivity index (χ2v) is 3.94. The van der Waals surface area contributed by atoms with Crippen molar-refractivity contribution in [2.45, 2.75) is 0 Å². The summed E-state index contributed by atoms with van der Waals surface area (Å²) in [5.41, 5.74) is 9.08. The van der Waals surface area contributed by atoms with Gasteiger partial charge in [0, 0.05) is 17.3 Å². The number of oxazole rings is 1. The predicted molar refractivity (Wildman–Crippen MR) is 68.6 cm³/mol. The number of nitrogens with two attached hydrogens (primary N) is 1. The highest BCUT2D eigenvalue weighted by molar-refractivity contribution is 5.79. The van der Waals surface area contributed by atoms with E-state index in [2.05, 4.69) is 11.1 Å². The average molecular weight is 235 g/mol. The molecule has 1 heterocycles. The minimum atomic E-state index is 0.493. The Balaban J connectivity index is 2.16. The van der Waals surface area contributed by atoms with Crippen LogP contribution in [-0.4, -0.2) is 4.98 Å². The van der Waals surface area contributed by atoms with Gasteiger partial charge in [-0.1, -0.05) is 6.07 Å². The van der Waals surface area contributed by atoms with E-state index in [0.29, 0.717) is 22.7 Å². The second-order valence-electron chi connectivity index (χ2n) is 3.94. The van der Waals surface area contributed by atoms with E-state index in [4.69, 9.17) is 15.4 Å². The molecule has 4 nitrogen and oxygen atoms in total. The molecule has 2 aromatic carbocycles. The summed E-state index contributed by atoms with van der Waals surface area (Å²) in [4.78, 5) is 4.37. The lowest BCUT2D eigenvalue weighted by molar-refractivity contribution is 0.620. The molecule has 3 rings (SSSR count). The molecule has 0 saturated carbocycles. The number of anilines is 1. The standard InChI is InChI=1S/C14H9N3O/c15-8-9-2-1-3-10(6-9)14-17-12-5-4-11(16)7-13(12)18-14/h1-7H,16H2. The summed E-state index contributed by atoms with van der Waals surface area (Å²) in [6.45, 7) is 0. The van der Waals surface area contributed by atoms with Crippen molar-refractivity contribution >= 4 is 16.8 Å². The van der Waals surface area contributed by atoms with Gasteiger partial charge in [-0.2, -0.15) is 5.26 Å². The first-order chi connectivity index (χ1) is 8.76. The van der Waals surface area contributed by atoms with Crippen LogP contribution >= 0.6 is 0 Å². The predicted octanol–water partition coefficient (Wildman–Crippen LogP) is 2.95. The number of nitrogens with zero attached hydrogens (tertiary/aromatic N) is 2. The molecule has 0 aliphatic heterocycles. The lowest BCUT2D eigenvalue weighted by Gasteiger charge is -1.94. The number of hydrogen-bond acceptors (Lipinski definition) is 4. The number of nitriles is 1. The van der Waals surface area contributed by atoms with Gasteiger partial charge in [-0.25, -0.2) is 4.98 Å². The first-order valence-corrected chi connectivity index (χ1v) is 5.43. The van der Waals surface area contributed by atoms with Crippen LogP contribution in [0.25, 0.3) is 22.6 Å². The third kappa shape index (κ3) is 1.68. The maximum atomic E-state index is 8.87. The molecule has 1 aromatic heterocycles. The summed E-state index contributed by atoms with van der Waals surface area (Å²) in [7, 11) is 0. The average Bonchev–Trinajstić information content (AvgIpc) is 2.81. The third-order valence-electron chi connectivity index (χ3n) is 2.65. The molecule has 0 atom stereocenters. The fourth-order valence-electron chi connectivity index (χ4n) is 1.79. The summed E-state index contributed by atoms with van der Waals surface area (Å²) < 4.78 is 5.63. The summed E-state index contributed by atoms with van der Waals surface area (Å²) in [5, 5.41) is 8.87. The smallest absolute Gasteiger partial charge is 0.227 e. The Hall–Kier alpha value is -2.80. The number of nitrogen functional groups attached to an aromatic ring is 1. The molecular formula is C14H9N3O. The zero-order valence-corrected chi connectivity index (χ0v) is 9.42. The second kappa shape index (κ2) is 3.90. The molecular weight excluding hydrogens is 226 g/mol. The molecule has 0 aliphatic rings. The van der Waals surface area contributed by atoms with Crippen molar-refractivity contribution < 1.29 is 4.42 Å². The number of hydrogen-bond donors (Lipinski definition) is 1. The topological polar surface area (TPSA) is 75.8 Å². The van der Waals surface area contributed by atoms with Crippen molar-refractivity contribution in [2.75, 3.05) is 5.73 Å². The van der Waals surface area contributed by atoms with Gasteiger partial charge in [0.05, 0.1) is 11.6 Å². The van der Waals surface area contributed by atoms with Crippen LogP contribution in [0, 0.1) is 11.3 Å². The van der Waals surface area contributed by atoms with Crippen LogP contribution in [0.4, 0.5) is 5.69 Å². The largest absolute Gasteiger partial charge is 0.436 e. The molecule has 0 aliphatic carbocycles. The highest BCUT2D eigenvalue weighted by atomic mass is 16.3. The van der Waals surface area contributed by atoms with Crippen molar-refractivity contribution in [2.24, 2.45) is 0 Å². The maximum Gasteiger partial charge on any atom is 0.227 e. The Bertz CT molecular complexity index is 768. The van der Waals surface area contributed by atoms with Crippen molar-refractivity contribution in [3.8, 4) is 17.5 Å². The molecule has 2 N–H and O–H groups in total. The van der Waals surface area contributed by atoms with Crippen LogP contribution in [-0.2, 0) is 0 Å². The number of rotatable bonds is 1. The quantitative estimate of drug-likeness (QED) is 0.658. The van der Waals surface area contributed by atoms with E-state index in [1.807, 2.05) is 12.1 Å². The van der Waals surface area contributed by atoms with Gasteiger partial charge in [0.25, 0.3) is 0 Å². The molecule has 18 heavy (non-hydrogen) atoms. The van der Waals surface area contributed by atoms with Gasteiger partial charge in [0.15, 0.2) is 5.58 Å². The van der Waals surface area contributed by atoms with Crippen LogP contribution in [0.2, 0.25) is 0 Å². The fourth-order valence-corrected chi connectivity index (χ4v) is 1.79. The number of benzene rings is 2. The monoisotopic (exact) mass is 235 g/mol. The van der Waals surface area contributed by atoms with E-state index in [1.54, 1.807) is 30.3 Å². The van der Waals surface area contributed by atoms with Crippen LogP contribution in [0.15, 0.2) is 46.9 Å². The van der Waals surface area contributed by atoms with Crippen molar-refractivity contribution in [1.82, 2.24) is 4.98 Å². The van der Waals surface area contributed by atoms with E-state index >= 15 is 0 Å². The van der Waals surface area contributed by atoms with E-state index in [-0.39, 0.29) is 0 Å². The molecule has 0 unspecified atom stereocenters. The normalized spacial score (nSPS) is 10.4. The minimum absolute atomic E-state index is 0.493. The van der Waals surface area contributed by atoms with Crippen LogP contribution in [0.5, 0.6) is 0 Å². The zero-order valence-electron chi connectivity index (χ0n) is 9.42. The highest BCUT2D eigenvalue weighted by Crippen LogP contribution is 2.25. The van der Waals surface area contributed by atoms with Gasteiger partial charge in [-0.3, -0.25) is 0 Å². The van der Waals surface area contributed by atoms with E-state index in [0.717, 1.165) is 11.1 Å². The summed E-state index contributed by atoms with van der Waals surface area (Å²) in [6, 6.07) is 14.6. The Kier molecular flexibility index (Phi) is 2.24. The first-order valence-electron chi connectivity index (χ1n) is 5.43. The number of fused-ring (bicyclic) bond motifs is 1. The molecule has 0 saturated heterocycles. The zero-order chi connectivity index (χ0) is 12.5. The molecule has 86 valence electrons. The fraction of sp³-hybridized carbons (Fsp3) is 0.